The van der Waals surface area contributed by atoms with E-state index in [1.165, 1.54) is 0 Å². The van der Waals surface area contributed by atoms with E-state index in [2.05, 4.69) is 0 Å². The van der Waals surface area contributed by atoms with E-state index in [0.29, 0.717) is 12.6 Å². The third kappa shape index (κ3) is 9.59. The van der Waals surface area contributed by atoms with Crippen LogP contribution in [0, 0.1) is 34.5 Å². The Morgan fingerprint density at radius 1 is 1.09 bits per heavy atom. The lowest BCUT2D eigenvalue weighted by Crippen LogP contribution is -2.25. The topological polar surface area (TPSA) is 126 Å². The van der Waals surface area contributed by atoms with Crippen molar-refractivity contribution in [3.63, 3.8) is 0 Å². The molecule has 0 N–H and O–H groups in total. The SMILES string of the molecule is N#CCCOOCC(CC=O)C(C=O)CC(=O)OCCC#N. The number of carbonyl (C=O) groups excluding carboxylic acids is 3. The summed E-state index contributed by atoms with van der Waals surface area (Å²) in [5.74, 6) is -1.89. The van der Waals surface area contributed by atoms with E-state index in [-0.39, 0.29) is 45.5 Å². The van der Waals surface area contributed by atoms with Crippen LogP contribution in [-0.2, 0) is 28.9 Å². The van der Waals surface area contributed by atoms with Gasteiger partial charge in [-0.05, 0) is 0 Å². The van der Waals surface area contributed by atoms with Crippen molar-refractivity contribution in [2.75, 3.05) is 19.8 Å². The Morgan fingerprint density at radius 3 is 2.36 bits per heavy atom. The molecule has 0 bridgehead atoms. The summed E-state index contributed by atoms with van der Waals surface area (Å²) >= 11 is 0. The van der Waals surface area contributed by atoms with Crippen molar-refractivity contribution in [3.05, 3.63) is 0 Å². The summed E-state index contributed by atoms with van der Waals surface area (Å²) in [5, 5.41) is 16.7. The highest BCUT2D eigenvalue weighted by Crippen LogP contribution is 2.18. The Bertz CT molecular complexity index is 426. The van der Waals surface area contributed by atoms with Crippen LogP contribution in [0.25, 0.3) is 0 Å². The van der Waals surface area contributed by atoms with Crippen LogP contribution in [0.5, 0.6) is 0 Å². The van der Waals surface area contributed by atoms with Crippen molar-refractivity contribution in [3.8, 4) is 12.1 Å². The van der Waals surface area contributed by atoms with Gasteiger partial charge in [0.1, 0.15) is 19.2 Å². The lowest BCUT2D eigenvalue weighted by Gasteiger charge is -2.19. The van der Waals surface area contributed by atoms with Gasteiger partial charge in [-0.3, -0.25) is 4.79 Å². The largest absolute Gasteiger partial charge is 0.465 e. The summed E-state index contributed by atoms with van der Waals surface area (Å²) < 4.78 is 4.78. The number of rotatable bonds is 13. The predicted octanol–water partition coefficient (Wildman–Crippen LogP) is 0.716. The molecule has 0 radical (unpaired) electrons. The van der Waals surface area contributed by atoms with Gasteiger partial charge in [0.05, 0.1) is 44.6 Å². The Kier molecular flexibility index (Phi) is 12.3. The molecule has 2 atom stereocenters. The third-order valence-electron chi connectivity index (χ3n) is 2.72. The maximum absolute atomic E-state index is 11.5. The number of hydrogen-bond donors (Lipinski definition) is 0. The van der Waals surface area contributed by atoms with Gasteiger partial charge in [0.25, 0.3) is 0 Å². The first-order valence-electron chi connectivity index (χ1n) is 6.72. The first-order chi connectivity index (χ1) is 10.7. The minimum Gasteiger partial charge on any atom is -0.465 e. The molecule has 8 nitrogen and oxygen atoms in total. The second kappa shape index (κ2) is 13.7. The molecule has 0 aliphatic heterocycles. The molecule has 0 saturated heterocycles. The van der Waals surface area contributed by atoms with E-state index in [9.17, 15) is 14.4 Å². The molecule has 2 unspecified atom stereocenters. The second-order valence-corrected chi connectivity index (χ2v) is 4.31. The quantitative estimate of drug-likeness (QED) is 0.160. The third-order valence-corrected chi connectivity index (χ3v) is 2.72. The smallest absolute Gasteiger partial charge is 0.306 e. The Hall–Kier alpha value is -2.29. The lowest BCUT2D eigenvalue weighted by molar-refractivity contribution is -0.301. The molecule has 0 aromatic heterocycles. The molecule has 0 rings (SSSR count). The minimum absolute atomic E-state index is 0.0243. The van der Waals surface area contributed by atoms with Crippen LogP contribution in [0.3, 0.4) is 0 Å². The van der Waals surface area contributed by atoms with Crippen LogP contribution in [0.4, 0.5) is 0 Å². The number of nitriles is 2. The monoisotopic (exact) mass is 310 g/mol. The molecule has 0 saturated carbocycles. The van der Waals surface area contributed by atoms with E-state index in [1.54, 1.807) is 0 Å². The number of esters is 1. The average molecular weight is 310 g/mol. The zero-order chi connectivity index (χ0) is 16.6. The number of hydrogen-bond acceptors (Lipinski definition) is 8. The van der Waals surface area contributed by atoms with Crippen molar-refractivity contribution in [1.29, 1.82) is 10.5 Å². The molecular formula is C14H18N2O6. The van der Waals surface area contributed by atoms with Crippen LogP contribution in [0.15, 0.2) is 0 Å². The van der Waals surface area contributed by atoms with Crippen molar-refractivity contribution >= 4 is 18.5 Å². The molecule has 0 aromatic rings. The lowest BCUT2D eigenvalue weighted by atomic mass is 9.89. The minimum atomic E-state index is -0.751. The van der Waals surface area contributed by atoms with Gasteiger partial charge in [-0.25, -0.2) is 9.78 Å². The highest BCUT2D eigenvalue weighted by Gasteiger charge is 2.25. The van der Waals surface area contributed by atoms with Crippen LogP contribution in [0.1, 0.15) is 25.7 Å². The molecular weight excluding hydrogens is 292 g/mol. The van der Waals surface area contributed by atoms with Crippen molar-refractivity contribution in [2.45, 2.75) is 25.7 Å². The molecule has 0 spiro atoms. The van der Waals surface area contributed by atoms with Crippen LogP contribution in [-0.4, -0.2) is 38.4 Å². The van der Waals surface area contributed by atoms with Gasteiger partial charge in [-0.1, -0.05) is 0 Å². The molecule has 0 fully saturated rings. The summed E-state index contributed by atoms with van der Waals surface area (Å²) in [4.78, 5) is 42.9. The highest BCUT2D eigenvalue weighted by atomic mass is 17.2. The summed E-state index contributed by atoms with van der Waals surface area (Å²) in [5.41, 5.74) is 0. The molecule has 0 heterocycles. The Balaban J connectivity index is 4.31. The van der Waals surface area contributed by atoms with Gasteiger partial charge < -0.3 is 14.3 Å². The van der Waals surface area contributed by atoms with Gasteiger partial charge in [-0.2, -0.15) is 10.5 Å². The van der Waals surface area contributed by atoms with Crippen LogP contribution < -0.4 is 0 Å². The predicted molar refractivity (Wildman–Crippen MR) is 71.7 cm³/mol. The second-order valence-electron chi connectivity index (χ2n) is 4.31. The molecule has 0 aromatic carbocycles. The van der Waals surface area contributed by atoms with Crippen molar-refractivity contribution in [2.24, 2.45) is 11.8 Å². The Labute approximate surface area is 128 Å². The van der Waals surface area contributed by atoms with Gasteiger partial charge >= 0.3 is 5.97 Å². The summed E-state index contributed by atoms with van der Waals surface area (Å²) in [7, 11) is 0. The Morgan fingerprint density at radius 2 is 1.77 bits per heavy atom. The van der Waals surface area contributed by atoms with Gasteiger partial charge in [0.15, 0.2) is 0 Å². The number of aldehydes is 2. The summed E-state index contributed by atoms with van der Waals surface area (Å²) in [6.45, 7) is -0.0155. The standard InChI is InChI=1S/C14H18N2O6/c15-4-1-7-20-14(19)9-13(10-18)12(3-6-17)11-22-21-8-2-5-16/h6,10,12-13H,1-3,7-9,11H2. The molecule has 8 heteroatoms. The van der Waals surface area contributed by atoms with Crippen LogP contribution >= 0.6 is 0 Å². The van der Waals surface area contributed by atoms with E-state index in [4.69, 9.17) is 25.0 Å². The molecule has 0 aliphatic carbocycles. The fourth-order valence-electron chi connectivity index (χ4n) is 1.56. The zero-order valence-corrected chi connectivity index (χ0v) is 12.1. The van der Waals surface area contributed by atoms with Crippen molar-refractivity contribution in [1.82, 2.24) is 0 Å². The summed E-state index contributed by atoms with van der Waals surface area (Å²) in [6.07, 6.45) is 1.25. The maximum Gasteiger partial charge on any atom is 0.306 e. The fraction of sp³-hybridized carbons (Fsp3) is 0.643. The van der Waals surface area contributed by atoms with Gasteiger partial charge in [0, 0.05) is 18.3 Å². The van der Waals surface area contributed by atoms with E-state index in [0.717, 1.165) is 0 Å². The maximum atomic E-state index is 11.5. The average Bonchev–Trinajstić information content (AvgIpc) is 2.52. The number of ether oxygens (including phenoxy) is 1. The van der Waals surface area contributed by atoms with Crippen molar-refractivity contribution < 1.29 is 28.9 Å². The number of nitrogens with zero attached hydrogens (tertiary/aromatic N) is 2. The highest BCUT2D eigenvalue weighted by molar-refractivity contribution is 5.74. The first kappa shape index (κ1) is 19.7. The normalized spacial score (nSPS) is 12.5. The summed E-state index contributed by atoms with van der Waals surface area (Å²) in [6, 6.07) is 3.69. The first-order valence-corrected chi connectivity index (χ1v) is 6.72. The zero-order valence-electron chi connectivity index (χ0n) is 12.1. The van der Waals surface area contributed by atoms with E-state index in [1.807, 2.05) is 12.1 Å². The molecule has 120 valence electrons. The number of carbonyl (C=O) groups is 3. The van der Waals surface area contributed by atoms with Gasteiger partial charge in [0.2, 0.25) is 0 Å². The van der Waals surface area contributed by atoms with Gasteiger partial charge in [-0.15, -0.1) is 0 Å². The van der Waals surface area contributed by atoms with E-state index < -0.39 is 17.8 Å². The van der Waals surface area contributed by atoms with Crippen LogP contribution in [0.2, 0.25) is 0 Å². The molecule has 22 heavy (non-hydrogen) atoms. The fourth-order valence-corrected chi connectivity index (χ4v) is 1.56. The molecule has 0 aliphatic rings. The molecule has 0 amide bonds. The van der Waals surface area contributed by atoms with E-state index >= 15 is 0 Å².